The summed E-state index contributed by atoms with van der Waals surface area (Å²) in [7, 11) is 3.32. The monoisotopic (exact) mass is 399 g/mol. The highest BCUT2D eigenvalue weighted by atomic mass is 79.9. The van der Waals surface area contributed by atoms with Gasteiger partial charge in [-0.25, -0.2) is 0 Å². The van der Waals surface area contributed by atoms with E-state index in [0.29, 0.717) is 6.54 Å². The molecule has 0 unspecified atom stereocenters. The number of methoxy groups -OCH3 is 2. The third kappa shape index (κ3) is 3.67. The molecule has 0 aromatic heterocycles. The Balaban J connectivity index is 2.17. The number of ether oxygens (including phenoxy) is 2. The van der Waals surface area contributed by atoms with Gasteiger partial charge in [0.1, 0.15) is 11.5 Å². The first-order chi connectivity index (χ1) is 9.63. The number of rotatable bonds is 5. The van der Waals surface area contributed by atoms with Crippen LogP contribution in [0.4, 0.5) is 5.69 Å². The van der Waals surface area contributed by atoms with Gasteiger partial charge < -0.3 is 14.8 Å². The molecular formula is C15H15Br2NO2. The topological polar surface area (TPSA) is 30.5 Å². The summed E-state index contributed by atoms with van der Waals surface area (Å²) in [6.45, 7) is 0.653. The predicted octanol–water partition coefficient (Wildman–Crippen LogP) is 4.84. The Labute approximate surface area is 135 Å². The van der Waals surface area contributed by atoms with Crippen molar-refractivity contribution in [3.8, 4) is 11.5 Å². The number of benzene rings is 2. The van der Waals surface area contributed by atoms with E-state index in [2.05, 4.69) is 37.2 Å². The number of anilines is 1. The molecule has 0 bridgehead atoms. The molecular weight excluding hydrogens is 386 g/mol. The van der Waals surface area contributed by atoms with Crippen LogP contribution in [0.2, 0.25) is 0 Å². The van der Waals surface area contributed by atoms with E-state index in [-0.39, 0.29) is 0 Å². The van der Waals surface area contributed by atoms with E-state index in [1.807, 2.05) is 36.4 Å². The summed E-state index contributed by atoms with van der Waals surface area (Å²) in [5.74, 6) is 1.66. The van der Waals surface area contributed by atoms with Gasteiger partial charge in [-0.15, -0.1) is 0 Å². The third-order valence-corrected chi connectivity index (χ3v) is 4.04. The van der Waals surface area contributed by atoms with E-state index < -0.39 is 0 Å². The van der Waals surface area contributed by atoms with Crippen molar-refractivity contribution in [1.29, 1.82) is 0 Å². The molecule has 0 aliphatic carbocycles. The van der Waals surface area contributed by atoms with Crippen molar-refractivity contribution in [1.82, 2.24) is 0 Å². The van der Waals surface area contributed by atoms with Crippen molar-refractivity contribution in [2.24, 2.45) is 0 Å². The third-order valence-electron chi connectivity index (χ3n) is 2.89. The highest BCUT2D eigenvalue weighted by Gasteiger charge is 2.06. The maximum absolute atomic E-state index is 5.37. The zero-order valence-electron chi connectivity index (χ0n) is 11.2. The number of hydrogen-bond acceptors (Lipinski definition) is 3. The standard InChI is InChI=1S/C15H15Br2NO2/c1-19-12-4-6-15(20-2)10(7-12)9-18-14-5-3-11(16)8-13(14)17/h3-8,18H,9H2,1-2H3. The van der Waals surface area contributed by atoms with Gasteiger partial charge >= 0.3 is 0 Å². The minimum absolute atomic E-state index is 0.653. The molecule has 0 aliphatic rings. The highest BCUT2D eigenvalue weighted by Crippen LogP contribution is 2.29. The molecule has 106 valence electrons. The van der Waals surface area contributed by atoms with Crippen molar-refractivity contribution in [3.05, 3.63) is 50.9 Å². The van der Waals surface area contributed by atoms with Crippen molar-refractivity contribution in [3.63, 3.8) is 0 Å². The molecule has 0 atom stereocenters. The molecule has 2 aromatic carbocycles. The summed E-state index contributed by atoms with van der Waals surface area (Å²) in [6.07, 6.45) is 0. The van der Waals surface area contributed by atoms with E-state index in [4.69, 9.17) is 9.47 Å². The minimum Gasteiger partial charge on any atom is -0.497 e. The number of nitrogens with one attached hydrogen (secondary N) is 1. The molecule has 0 spiro atoms. The van der Waals surface area contributed by atoms with Gasteiger partial charge in [0.15, 0.2) is 0 Å². The second-order valence-corrected chi connectivity index (χ2v) is 5.93. The molecule has 2 aromatic rings. The van der Waals surface area contributed by atoms with Crippen LogP contribution >= 0.6 is 31.9 Å². The first-order valence-electron chi connectivity index (χ1n) is 6.04. The molecule has 2 rings (SSSR count). The fraction of sp³-hybridized carbons (Fsp3) is 0.200. The van der Waals surface area contributed by atoms with Crippen LogP contribution in [0.1, 0.15) is 5.56 Å². The Kier molecular flexibility index (Phi) is 5.31. The molecule has 0 fully saturated rings. The summed E-state index contributed by atoms with van der Waals surface area (Å²) < 4.78 is 12.7. The molecule has 0 amide bonds. The molecule has 1 N–H and O–H groups in total. The van der Waals surface area contributed by atoms with Crippen LogP contribution in [-0.4, -0.2) is 14.2 Å². The quantitative estimate of drug-likeness (QED) is 0.778. The second kappa shape index (κ2) is 6.99. The first-order valence-corrected chi connectivity index (χ1v) is 7.62. The number of hydrogen-bond donors (Lipinski definition) is 1. The highest BCUT2D eigenvalue weighted by molar-refractivity contribution is 9.11. The SMILES string of the molecule is COc1ccc(OC)c(CNc2ccc(Br)cc2Br)c1. The van der Waals surface area contributed by atoms with E-state index in [1.54, 1.807) is 14.2 Å². The van der Waals surface area contributed by atoms with Crippen LogP contribution in [0, 0.1) is 0 Å². The van der Waals surface area contributed by atoms with Gasteiger partial charge in [-0.1, -0.05) is 15.9 Å². The summed E-state index contributed by atoms with van der Waals surface area (Å²) in [6, 6.07) is 11.8. The van der Waals surface area contributed by atoms with Gasteiger partial charge in [0.25, 0.3) is 0 Å². The molecule has 5 heteroatoms. The van der Waals surface area contributed by atoms with Crippen molar-refractivity contribution in [2.45, 2.75) is 6.54 Å². The van der Waals surface area contributed by atoms with Crippen LogP contribution in [0.5, 0.6) is 11.5 Å². The molecule has 0 aliphatic heterocycles. The van der Waals surface area contributed by atoms with Gasteiger partial charge in [-0.3, -0.25) is 0 Å². The van der Waals surface area contributed by atoms with E-state index >= 15 is 0 Å². The van der Waals surface area contributed by atoms with Crippen LogP contribution in [0.25, 0.3) is 0 Å². The van der Waals surface area contributed by atoms with Gasteiger partial charge in [-0.2, -0.15) is 0 Å². The van der Waals surface area contributed by atoms with Crippen LogP contribution in [0.3, 0.4) is 0 Å². The van der Waals surface area contributed by atoms with Gasteiger partial charge in [0.05, 0.1) is 14.2 Å². The van der Waals surface area contributed by atoms with Crippen molar-refractivity contribution < 1.29 is 9.47 Å². The molecule has 3 nitrogen and oxygen atoms in total. The maximum Gasteiger partial charge on any atom is 0.124 e. The van der Waals surface area contributed by atoms with E-state index in [1.165, 1.54) is 0 Å². The lowest BCUT2D eigenvalue weighted by Crippen LogP contribution is -2.02. The lowest BCUT2D eigenvalue weighted by Gasteiger charge is -2.13. The molecule has 0 radical (unpaired) electrons. The fourth-order valence-electron chi connectivity index (χ4n) is 1.84. The number of halogens is 2. The predicted molar refractivity (Wildman–Crippen MR) is 88.7 cm³/mol. The normalized spacial score (nSPS) is 10.2. The Hall–Kier alpha value is -1.20. The summed E-state index contributed by atoms with van der Waals surface area (Å²) in [4.78, 5) is 0. The van der Waals surface area contributed by atoms with Gasteiger partial charge in [0, 0.05) is 26.7 Å². The van der Waals surface area contributed by atoms with Crippen molar-refractivity contribution >= 4 is 37.5 Å². The summed E-state index contributed by atoms with van der Waals surface area (Å²) >= 11 is 6.98. The lowest BCUT2D eigenvalue weighted by atomic mass is 10.2. The van der Waals surface area contributed by atoms with Gasteiger partial charge in [0.2, 0.25) is 0 Å². The molecule has 20 heavy (non-hydrogen) atoms. The molecule has 0 saturated carbocycles. The first kappa shape index (κ1) is 15.2. The van der Waals surface area contributed by atoms with Crippen LogP contribution in [-0.2, 0) is 6.54 Å². The molecule has 0 heterocycles. The minimum atomic E-state index is 0.653. The average Bonchev–Trinajstić information content (AvgIpc) is 2.46. The van der Waals surface area contributed by atoms with E-state index in [9.17, 15) is 0 Å². The van der Waals surface area contributed by atoms with Crippen LogP contribution in [0.15, 0.2) is 45.3 Å². The zero-order chi connectivity index (χ0) is 14.5. The second-order valence-electron chi connectivity index (χ2n) is 4.16. The Morgan fingerprint density at radius 2 is 1.80 bits per heavy atom. The van der Waals surface area contributed by atoms with Gasteiger partial charge in [-0.05, 0) is 52.3 Å². The smallest absolute Gasteiger partial charge is 0.124 e. The van der Waals surface area contributed by atoms with Crippen molar-refractivity contribution in [2.75, 3.05) is 19.5 Å². The largest absolute Gasteiger partial charge is 0.497 e. The lowest BCUT2D eigenvalue weighted by molar-refractivity contribution is 0.399. The van der Waals surface area contributed by atoms with E-state index in [0.717, 1.165) is 31.7 Å². The summed E-state index contributed by atoms with van der Waals surface area (Å²) in [5, 5.41) is 3.38. The Morgan fingerprint density at radius 3 is 2.45 bits per heavy atom. The maximum atomic E-state index is 5.37. The zero-order valence-corrected chi connectivity index (χ0v) is 14.4. The Bertz CT molecular complexity index is 602. The Morgan fingerprint density at radius 1 is 1.00 bits per heavy atom. The summed E-state index contributed by atoms with van der Waals surface area (Å²) in [5.41, 5.74) is 2.07. The average molecular weight is 401 g/mol. The fourth-order valence-corrected chi connectivity index (χ4v) is 3.03. The van der Waals surface area contributed by atoms with Crippen LogP contribution < -0.4 is 14.8 Å². The molecule has 0 saturated heterocycles.